The molecule has 1 rings (SSSR count). The van der Waals surface area contributed by atoms with Gasteiger partial charge in [0, 0.05) is 11.4 Å². The Balaban J connectivity index is 0.00000121. The first-order valence-electron chi connectivity index (χ1n) is 2.99. The standard InChI is InChI=1S/C7H8N2O2.K.H/c8-5-1-4(7(10)11)2-6(9)3-5;;/h1-3H,8-9H2,(H,10,11);;. The van der Waals surface area contributed by atoms with Gasteiger partial charge in [0.05, 0.1) is 5.56 Å². The second-order valence-corrected chi connectivity index (χ2v) is 2.19. The van der Waals surface area contributed by atoms with E-state index in [4.69, 9.17) is 16.6 Å². The fourth-order valence-corrected chi connectivity index (χ4v) is 0.800. The number of rotatable bonds is 1. The Morgan fingerprint density at radius 3 is 1.92 bits per heavy atom. The van der Waals surface area contributed by atoms with E-state index in [1.165, 1.54) is 18.2 Å². The number of nitrogen functional groups attached to an aromatic ring is 2. The molecular weight excluding hydrogens is 183 g/mol. The molecule has 5 N–H and O–H groups in total. The summed E-state index contributed by atoms with van der Waals surface area (Å²) in [5.41, 5.74) is 11.5. The maximum absolute atomic E-state index is 10.4. The number of anilines is 2. The molecule has 0 radical (unpaired) electrons. The van der Waals surface area contributed by atoms with Crippen molar-refractivity contribution in [1.82, 2.24) is 0 Å². The van der Waals surface area contributed by atoms with Crippen LogP contribution in [0.4, 0.5) is 11.4 Å². The van der Waals surface area contributed by atoms with Crippen molar-refractivity contribution < 1.29 is 9.90 Å². The van der Waals surface area contributed by atoms with E-state index >= 15 is 0 Å². The van der Waals surface area contributed by atoms with E-state index in [1.54, 1.807) is 0 Å². The second-order valence-electron chi connectivity index (χ2n) is 2.19. The van der Waals surface area contributed by atoms with Crippen molar-refractivity contribution in [3.05, 3.63) is 23.8 Å². The number of hydrogen-bond donors (Lipinski definition) is 3. The molecule has 1 aromatic carbocycles. The summed E-state index contributed by atoms with van der Waals surface area (Å²) in [6.07, 6.45) is 0. The molecule has 0 atom stereocenters. The number of carboxylic acid groups (broad SMARTS) is 1. The summed E-state index contributed by atoms with van der Waals surface area (Å²) >= 11 is 0. The van der Waals surface area contributed by atoms with Crippen molar-refractivity contribution >= 4 is 68.7 Å². The van der Waals surface area contributed by atoms with Gasteiger partial charge in [-0.05, 0) is 18.2 Å². The van der Waals surface area contributed by atoms with Crippen LogP contribution in [-0.2, 0) is 0 Å². The molecule has 0 aliphatic rings. The van der Waals surface area contributed by atoms with E-state index in [0.717, 1.165) is 0 Å². The first-order chi connectivity index (χ1) is 5.09. The van der Waals surface area contributed by atoms with Gasteiger partial charge >= 0.3 is 57.4 Å². The average molecular weight is 192 g/mol. The van der Waals surface area contributed by atoms with E-state index in [1.807, 2.05) is 0 Å². The third-order valence-electron chi connectivity index (χ3n) is 1.22. The molecule has 0 bridgehead atoms. The molecule has 0 fully saturated rings. The summed E-state index contributed by atoms with van der Waals surface area (Å²) in [5.74, 6) is -1.02. The van der Waals surface area contributed by atoms with Crippen LogP contribution in [0, 0.1) is 0 Å². The molecule has 0 saturated heterocycles. The maximum atomic E-state index is 10.4. The first-order valence-corrected chi connectivity index (χ1v) is 2.99. The van der Waals surface area contributed by atoms with Gasteiger partial charge in [0.1, 0.15) is 0 Å². The first kappa shape index (κ1) is 11.9. The number of hydrogen-bond acceptors (Lipinski definition) is 3. The predicted molar refractivity (Wildman–Crippen MR) is 49.4 cm³/mol. The van der Waals surface area contributed by atoms with E-state index in [-0.39, 0.29) is 56.9 Å². The molecule has 0 amide bonds. The summed E-state index contributed by atoms with van der Waals surface area (Å²) in [6, 6.07) is 4.23. The molecule has 4 nitrogen and oxygen atoms in total. The Morgan fingerprint density at radius 1 is 1.17 bits per heavy atom. The van der Waals surface area contributed by atoms with Gasteiger partial charge in [0.15, 0.2) is 0 Å². The molecular formula is C7H9KN2O2. The Hall–Kier alpha value is -0.0736. The molecule has 1 aromatic rings. The van der Waals surface area contributed by atoms with Crippen molar-refractivity contribution in [1.29, 1.82) is 0 Å². The van der Waals surface area contributed by atoms with Crippen LogP contribution < -0.4 is 11.5 Å². The minimum absolute atomic E-state index is 0. The van der Waals surface area contributed by atoms with Gasteiger partial charge < -0.3 is 16.6 Å². The molecule has 0 heterocycles. The summed E-state index contributed by atoms with van der Waals surface area (Å²) in [5, 5.41) is 8.52. The third kappa shape index (κ3) is 3.12. The number of benzene rings is 1. The molecule has 12 heavy (non-hydrogen) atoms. The summed E-state index contributed by atoms with van der Waals surface area (Å²) in [4.78, 5) is 10.4. The Bertz CT molecular complexity index is 281. The van der Waals surface area contributed by atoms with Crippen LogP contribution in [0.2, 0.25) is 0 Å². The molecule has 0 spiro atoms. The van der Waals surface area contributed by atoms with Crippen LogP contribution in [0.3, 0.4) is 0 Å². The van der Waals surface area contributed by atoms with Gasteiger partial charge in [-0.2, -0.15) is 0 Å². The Morgan fingerprint density at radius 2 is 1.58 bits per heavy atom. The zero-order valence-corrected chi connectivity index (χ0v) is 5.74. The number of carboxylic acids is 1. The van der Waals surface area contributed by atoms with Gasteiger partial charge in [-0.15, -0.1) is 0 Å². The summed E-state index contributed by atoms with van der Waals surface area (Å²) in [6.45, 7) is 0. The van der Waals surface area contributed by atoms with E-state index in [2.05, 4.69) is 0 Å². The minimum atomic E-state index is -1.02. The zero-order valence-electron chi connectivity index (χ0n) is 5.74. The fraction of sp³-hybridized carbons (Fsp3) is 0. The summed E-state index contributed by atoms with van der Waals surface area (Å²) in [7, 11) is 0. The van der Waals surface area contributed by atoms with Crippen LogP contribution in [0.25, 0.3) is 0 Å². The zero-order chi connectivity index (χ0) is 8.43. The van der Waals surface area contributed by atoms with E-state index < -0.39 is 5.97 Å². The average Bonchev–Trinajstić information content (AvgIpc) is 1.85. The number of carbonyl (C=O) groups is 1. The normalized spacial score (nSPS) is 8.67. The predicted octanol–water partition coefficient (Wildman–Crippen LogP) is -0.0993. The third-order valence-corrected chi connectivity index (χ3v) is 1.22. The quantitative estimate of drug-likeness (QED) is 0.428. The number of nitrogens with two attached hydrogens (primary N) is 2. The van der Waals surface area contributed by atoms with Crippen molar-refractivity contribution in [2.24, 2.45) is 0 Å². The van der Waals surface area contributed by atoms with Crippen molar-refractivity contribution in [3.8, 4) is 0 Å². The van der Waals surface area contributed by atoms with Crippen LogP contribution in [0.15, 0.2) is 18.2 Å². The van der Waals surface area contributed by atoms with Gasteiger partial charge in [-0.25, -0.2) is 4.79 Å². The van der Waals surface area contributed by atoms with E-state index in [9.17, 15) is 4.79 Å². The Kier molecular flexibility index (Phi) is 4.80. The molecule has 0 unspecified atom stereocenters. The SMILES string of the molecule is Nc1cc(N)cc(C(=O)O)c1.[KH]. The van der Waals surface area contributed by atoms with Crippen molar-refractivity contribution in [2.45, 2.75) is 0 Å². The van der Waals surface area contributed by atoms with Gasteiger partial charge in [0.25, 0.3) is 0 Å². The van der Waals surface area contributed by atoms with Crippen LogP contribution >= 0.6 is 0 Å². The van der Waals surface area contributed by atoms with Crippen LogP contribution in [0.5, 0.6) is 0 Å². The van der Waals surface area contributed by atoms with Crippen molar-refractivity contribution in [2.75, 3.05) is 11.5 Å². The van der Waals surface area contributed by atoms with Crippen LogP contribution in [-0.4, -0.2) is 62.5 Å². The van der Waals surface area contributed by atoms with E-state index in [0.29, 0.717) is 11.4 Å². The second kappa shape index (κ2) is 4.83. The number of aromatic carboxylic acids is 1. The molecule has 0 aliphatic carbocycles. The van der Waals surface area contributed by atoms with Gasteiger partial charge in [-0.3, -0.25) is 0 Å². The molecule has 0 aliphatic heterocycles. The Labute approximate surface area is 112 Å². The molecule has 0 aromatic heterocycles. The van der Waals surface area contributed by atoms with Crippen LogP contribution in [0.1, 0.15) is 10.4 Å². The molecule has 60 valence electrons. The molecule has 0 saturated carbocycles. The van der Waals surface area contributed by atoms with Gasteiger partial charge in [-0.1, -0.05) is 0 Å². The van der Waals surface area contributed by atoms with Crippen molar-refractivity contribution in [3.63, 3.8) is 0 Å². The monoisotopic (exact) mass is 192 g/mol. The van der Waals surface area contributed by atoms with Gasteiger partial charge in [0.2, 0.25) is 0 Å². The topological polar surface area (TPSA) is 89.3 Å². The fourth-order valence-electron chi connectivity index (χ4n) is 0.800. The summed E-state index contributed by atoms with van der Waals surface area (Å²) < 4.78 is 0. The molecule has 5 heteroatoms.